The van der Waals surface area contributed by atoms with Crippen molar-refractivity contribution in [2.24, 2.45) is 0 Å². The first-order valence-corrected chi connectivity index (χ1v) is 12.9. The minimum absolute atomic E-state index is 0.0195. The minimum atomic E-state index is -0.996. The number of carbonyl (C=O) groups excluding carboxylic acids is 1. The number of fused-ring (bicyclic) bond motifs is 3. The third-order valence-corrected chi connectivity index (χ3v) is 7.66. The van der Waals surface area contributed by atoms with Crippen molar-refractivity contribution in [3.8, 4) is 17.1 Å². The zero-order chi connectivity index (χ0) is 24.1. The van der Waals surface area contributed by atoms with E-state index in [0.717, 1.165) is 52.3 Å². The Morgan fingerprint density at radius 1 is 1.14 bits per heavy atom. The summed E-state index contributed by atoms with van der Waals surface area (Å²) in [6.45, 7) is 0.736. The molecule has 0 aliphatic carbocycles. The molecular formula is C26H24N4O4S. The van der Waals surface area contributed by atoms with E-state index in [1.165, 1.54) is 10.5 Å². The molecule has 4 aromatic rings. The van der Waals surface area contributed by atoms with E-state index in [-0.39, 0.29) is 12.5 Å². The number of hydrogen-bond donors (Lipinski definition) is 0. The molecule has 2 aromatic heterocycles. The Balaban J connectivity index is 1.40. The Labute approximate surface area is 205 Å². The molecule has 0 fully saturated rings. The highest BCUT2D eigenvalue weighted by Gasteiger charge is 2.31. The molecule has 0 saturated carbocycles. The molecule has 0 bridgehead atoms. The number of amides is 1. The van der Waals surface area contributed by atoms with Gasteiger partial charge in [-0.1, -0.05) is 6.07 Å². The lowest BCUT2D eigenvalue weighted by Gasteiger charge is -2.22. The van der Waals surface area contributed by atoms with Gasteiger partial charge in [-0.05, 0) is 42.3 Å². The summed E-state index contributed by atoms with van der Waals surface area (Å²) in [5, 5.41) is 0.984. The number of benzene rings is 2. The summed E-state index contributed by atoms with van der Waals surface area (Å²) in [5.41, 5.74) is 5.66. The van der Waals surface area contributed by atoms with Crippen LogP contribution in [0.25, 0.3) is 22.4 Å². The lowest BCUT2D eigenvalue weighted by molar-refractivity contribution is -0.130. The number of likely N-dealkylation sites (N-methyl/N-ethyl adjacent to an activating group) is 1. The predicted molar refractivity (Wildman–Crippen MR) is 134 cm³/mol. The molecule has 178 valence electrons. The molecule has 0 N–H and O–H groups in total. The fraction of sp³-hybridized carbons (Fsp3) is 0.269. The summed E-state index contributed by atoms with van der Waals surface area (Å²) < 4.78 is 23.8. The Kier molecular flexibility index (Phi) is 5.29. The van der Waals surface area contributed by atoms with Crippen molar-refractivity contribution in [2.75, 3.05) is 32.1 Å². The second-order valence-electron chi connectivity index (χ2n) is 8.97. The van der Waals surface area contributed by atoms with Gasteiger partial charge in [0.25, 0.3) is 5.91 Å². The van der Waals surface area contributed by atoms with Crippen molar-refractivity contribution >= 4 is 39.2 Å². The maximum atomic E-state index is 12.5. The van der Waals surface area contributed by atoms with E-state index in [1.54, 1.807) is 20.4 Å². The van der Waals surface area contributed by atoms with Crippen LogP contribution in [-0.2, 0) is 33.5 Å². The molecule has 8 nitrogen and oxygen atoms in total. The molecule has 9 heteroatoms. The second kappa shape index (κ2) is 8.49. The van der Waals surface area contributed by atoms with Gasteiger partial charge in [0.05, 0.1) is 23.5 Å². The molecule has 1 atom stereocenters. The number of rotatable bonds is 5. The summed E-state index contributed by atoms with van der Waals surface area (Å²) in [6.07, 6.45) is 2.53. The molecule has 0 saturated heterocycles. The molecule has 6 rings (SSSR count). The van der Waals surface area contributed by atoms with Gasteiger partial charge in [-0.15, -0.1) is 0 Å². The largest absolute Gasteiger partial charge is 0.484 e. The van der Waals surface area contributed by atoms with E-state index in [1.807, 2.05) is 42.5 Å². The first kappa shape index (κ1) is 21.8. The van der Waals surface area contributed by atoms with Crippen molar-refractivity contribution in [3.05, 3.63) is 65.5 Å². The number of ether oxygens (including phenoxy) is 1. The molecular weight excluding hydrogens is 464 g/mol. The molecule has 0 radical (unpaired) electrons. The molecule has 2 aliphatic rings. The molecule has 1 unspecified atom stereocenters. The maximum absolute atomic E-state index is 12.5. The second-order valence-corrected chi connectivity index (χ2v) is 10.4. The van der Waals surface area contributed by atoms with Gasteiger partial charge in [-0.25, -0.2) is 9.97 Å². The van der Waals surface area contributed by atoms with E-state index in [9.17, 15) is 9.00 Å². The number of hydrogen-bond acceptors (Lipinski definition) is 7. The van der Waals surface area contributed by atoms with Gasteiger partial charge in [0.1, 0.15) is 17.2 Å². The van der Waals surface area contributed by atoms with Gasteiger partial charge >= 0.3 is 0 Å². The smallest absolute Gasteiger partial charge is 0.259 e. The van der Waals surface area contributed by atoms with Crippen molar-refractivity contribution < 1.29 is 18.2 Å². The quantitative estimate of drug-likeness (QED) is 0.422. The highest BCUT2D eigenvalue weighted by molar-refractivity contribution is 7.83. The van der Waals surface area contributed by atoms with Crippen LogP contribution in [0.1, 0.15) is 16.8 Å². The topological polar surface area (TPSA) is 88.8 Å². The number of anilines is 2. The third-order valence-electron chi connectivity index (χ3n) is 6.45. The zero-order valence-corrected chi connectivity index (χ0v) is 20.3. The molecule has 0 spiro atoms. The summed E-state index contributed by atoms with van der Waals surface area (Å²) >= 11 is 0. The highest BCUT2D eigenvalue weighted by Crippen LogP contribution is 2.41. The SMILES string of the molecule is CN(C)C(=O)COc1ccc2c(c1)N(c1nc(-c3ccc4occc4c3)nc3c1CS(=O)C3)CC2. The molecule has 2 aromatic carbocycles. The molecule has 2 aliphatic heterocycles. The lowest BCUT2D eigenvalue weighted by Crippen LogP contribution is -2.27. The summed E-state index contributed by atoms with van der Waals surface area (Å²) in [6, 6.07) is 13.7. The fourth-order valence-electron chi connectivity index (χ4n) is 4.55. The molecule has 1 amide bonds. The van der Waals surface area contributed by atoms with Crippen LogP contribution in [0.3, 0.4) is 0 Å². The van der Waals surface area contributed by atoms with Gasteiger partial charge in [0, 0.05) is 59.7 Å². The Bertz CT molecular complexity index is 1500. The monoisotopic (exact) mass is 488 g/mol. The van der Waals surface area contributed by atoms with Gasteiger partial charge in [-0.2, -0.15) is 0 Å². The third kappa shape index (κ3) is 3.95. The van der Waals surface area contributed by atoms with Crippen molar-refractivity contribution in [3.63, 3.8) is 0 Å². The average molecular weight is 489 g/mol. The van der Waals surface area contributed by atoms with Crippen molar-refractivity contribution in [1.82, 2.24) is 14.9 Å². The van der Waals surface area contributed by atoms with Crippen LogP contribution in [0.15, 0.2) is 53.1 Å². The molecule has 4 heterocycles. The van der Waals surface area contributed by atoms with Crippen LogP contribution in [0, 0.1) is 0 Å². The molecule has 35 heavy (non-hydrogen) atoms. The van der Waals surface area contributed by atoms with Crippen LogP contribution >= 0.6 is 0 Å². The van der Waals surface area contributed by atoms with Gasteiger partial charge < -0.3 is 19.0 Å². The Morgan fingerprint density at radius 2 is 2.03 bits per heavy atom. The van der Waals surface area contributed by atoms with Gasteiger partial charge in [0.15, 0.2) is 12.4 Å². The van der Waals surface area contributed by atoms with Crippen LogP contribution < -0.4 is 9.64 Å². The van der Waals surface area contributed by atoms with E-state index >= 15 is 0 Å². The van der Waals surface area contributed by atoms with Crippen LogP contribution in [0.2, 0.25) is 0 Å². The number of carbonyl (C=O) groups is 1. The van der Waals surface area contributed by atoms with E-state index < -0.39 is 10.8 Å². The lowest BCUT2D eigenvalue weighted by atomic mass is 10.1. The fourth-order valence-corrected chi connectivity index (χ4v) is 5.81. The first-order chi connectivity index (χ1) is 17.0. The van der Waals surface area contributed by atoms with E-state index in [0.29, 0.717) is 23.1 Å². The van der Waals surface area contributed by atoms with Gasteiger partial charge in [0.2, 0.25) is 0 Å². The number of aromatic nitrogens is 2. The van der Waals surface area contributed by atoms with Crippen molar-refractivity contribution in [2.45, 2.75) is 17.9 Å². The first-order valence-electron chi connectivity index (χ1n) is 11.4. The predicted octanol–water partition coefficient (Wildman–Crippen LogP) is 3.81. The summed E-state index contributed by atoms with van der Waals surface area (Å²) in [5.74, 6) is 2.82. The normalized spacial score (nSPS) is 16.4. The van der Waals surface area contributed by atoms with Crippen LogP contribution in [-0.4, -0.2) is 52.2 Å². The minimum Gasteiger partial charge on any atom is -0.484 e. The number of nitrogens with zero attached hydrogens (tertiary/aromatic N) is 4. The highest BCUT2D eigenvalue weighted by atomic mass is 32.2. The Hall–Kier alpha value is -3.72. The maximum Gasteiger partial charge on any atom is 0.259 e. The van der Waals surface area contributed by atoms with Crippen LogP contribution in [0.4, 0.5) is 11.5 Å². The van der Waals surface area contributed by atoms with E-state index in [2.05, 4.69) is 4.90 Å². The van der Waals surface area contributed by atoms with E-state index in [4.69, 9.17) is 19.1 Å². The zero-order valence-electron chi connectivity index (χ0n) is 19.5. The average Bonchev–Trinajstić information content (AvgIpc) is 3.58. The van der Waals surface area contributed by atoms with Gasteiger partial charge in [-0.3, -0.25) is 9.00 Å². The Morgan fingerprint density at radius 3 is 2.89 bits per heavy atom. The summed E-state index contributed by atoms with van der Waals surface area (Å²) in [4.78, 5) is 25.4. The number of furan rings is 1. The summed E-state index contributed by atoms with van der Waals surface area (Å²) in [7, 11) is 2.42. The van der Waals surface area contributed by atoms with Crippen molar-refractivity contribution in [1.29, 1.82) is 0 Å². The van der Waals surface area contributed by atoms with Crippen LogP contribution in [0.5, 0.6) is 5.75 Å². The standard InChI is InChI=1S/C26H24N4O4S/c1-29(2)24(31)13-34-19-5-3-16-7-9-30(22(16)12-19)26-20-14-35(32)15-21(20)27-25(28-26)18-4-6-23-17(11-18)8-10-33-23/h3-6,8,10-12H,7,9,13-15H2,1-2H3.